The van der Waals surface area contributed by atoms with Crippen molar-refractivity contribution in [3.63, 3.8) is 0 Å². The summed E-state index contributed by atoms with van der Waals surface area (Å²) in [5.74, 6) is -0.333. The second-order valence-electron chi connectivity index (χ2n) is 1.06. The van der Waals surface area contributed by atoms with Crippen molar-refractivity contribution in [3.8, 4) is 0 Å². The van der Waals surface area contributed by atoms with Crippen LogP contribution in [0, 0.1) is 5.41 Å². The molecule has 0 aromatic heterocycles. The van der Waals surface area contributed by atoms with Crippen LogP contribution in [-0.2, 0) is 0 Å². The molecule has 0 saturated heterocycles. The van der Waals surface area contributed by atoms with Gasteiger partial charge in [0, 0.05) is 0 Å². The van der Waals surface area contributed by atoms with Crippen LogP contribution >= 0.6 is 0 Å². The summed E-state index contributed by atoms with van der Waals surface area (Å²) in [5, 5.41) is 6.06. The van der Waals surface area contributed by atoms with E-state index in [4.69, 9.17) is 24.6 Å². The van der Waals surface area contributed by atoms with Crippen molar-refractivity contribution in [1.82, 2.24) is 0 Å². The van der Waals surface area contributed by atoms with Gasteiger partial charge in [0.25, 0.3) is 0 Å². The van der Waals surface area contributed by atoms with Gasteiger partial charge in [-0.3, -0.25) is 5.41 Å². The van der Waals surface area contributed by atoms with Crippen molar-refractivity contribution in [2.45, 2.75) is 0 Å². The van der Waals surface area contributed by atoms with Gasteiger partial charge in [0.2, 0.25) is 0 Å². The Morgan fingerprint density at radius 1 is 1.20 bits per heavy atom. The molecule has 0 amide bonds. The third-order valence-electron chi connectivity index (χ3n) is 0. The largest absolute Gasteiger partial charge is 2.00 e. The number of hydrogen-bond acceptors (Lipinski definition) is 5. The van der Waals surface area contributed by atoms with Gasteiger partial charge >= 0.3 is 32.1 Å². The van der Waals surface area contributed by atoms with Crippen LogP contribution in [0.4, 0.5) is 0 Å². The molecule has 0 atom stereocenters. The first-order chi connectivity index (χ1) is 3.73. The van der Waals surface area contributed by atoms with Gasteiger partial charge in [0.1, 0.15) is 0 Å². The molecule has 0 aliphatic rings. The summed E-state index contributed by atoms with van der Waals surface area (Å²) in [6, 6.07) is 0. The van der Waals surface area contributed by atoms with E-state index in [0.717, 1.165) is 0 Å². The summed E-state index contributed by atoms with van der Waals surface area (Å²) in [6.45, 7) is 0. The number of rotatable bonds is 0. The van der Waals surface area contributed by atoms with Crippen LogP contribution in [0.15, 0.2) is 0 Å². The fraction of sp³-hybridized carbons (Fsp3) is 0. The van der Waals surface area contributed by atoms with Crippen molar-refractivity contribution in [1.29, 1.82) is 5.41 Å². The minimum atomic E-state index is -4.61. The molecule has 0 fully saturated rings. The molecule has 0 aliphatic carbocycles. The summed E-state index contributed by atoms with van der Waals surface area (Å²) in [6.07, 6.45) is 0. The van der Waals surface area contributed by atoms with Crippen LogP contribution in [0.25, 0.3) is 0 Å². The third kappa shape index (κ3) is 47000. The van der Waals surface area contributed by atoms with Crippen LogP contribution in [0.1, 0.15) is 2.85 Å². The normalized spacial score (nSPS) is 8.40. The molecule has 0 radical (unpaired) electrons. The van der Waals surface area contributed by atoms with Crippen molar-refractivity contribution >= 4 is 38.1 Å². The molecular weight excluding hydrogens is 170 g/mol. The van der Waals surface area contributed by atoms with E-state index in [1.165, 1.54) is 0 Å². The molecule has 9 N–H and O–H groups in total. The van der Waals surface area contributed by atoms with Crippen molar-refractivity contribution in [2.24, 2.45) is 11.5 Å². The molecule has 60 valence electrons. The molecule has 0 aliphatic heterocycles. The van der Waals surface area contributed by atoms with Gasteiger partial charge in [-0.15, -0.1) is 0 Å². The van der Waals surface area contributed by atoms with Crippen LogP contribution in [0.2, 0.25) is 0 Å². The first-order valence-electron chi connectivity index (χ1n) is 1.72. The average molecular weight is 182 g/mol. The molecule has 9 heteroatoms. The minimum Gasteiger partial charge on any atom is -1.00 e. The smallest absolute Gasteiger partial charge is 1.00 e. The van der Waals surface area contributed by atoms with Gasteiger partial charge in [-0.25, -0.2) is 0 Å². The second kappa shape index (κ2) is 7.20. The predicted molar refractivity (Wildman–Crippen MR) is 38.7 cm³/mol. The zero-order valence-electron chi connectivity index (χ0n) is 7.15. The number of hydrogen-bond donors (Lipinski definition) is 7. The Labute approximate surface area is 77.4 Å². The van der Waals surface area contributed by atoms with E-state index in [9.17, 15) is 0 Å². The van der Waals surface area contributed by atoms with E-state index in [1.54, 1.807) is 0 Å². The predicted octanol–water partition coefficient (Wildman–Crippen LogP) is -3.93. The van der Waals surface area contributed by atoms with Gasteiger partial charge in [0.05, 0.1) is 0 Å². The van der Waals surface area contributed by atoms with E-state index in [1.807, 2.05) is 0 Å². The molecule has 0 unspecified atom stereocenters. The van der Waals surface area contributed by atoms with E-state index in [0.29, 0.717) is 0 Å². The second-order valence-corrected chi connectivity index (χ2v) is 2.26. The van der Waals surface area contributed by atoms with Crippen molar-refractivity contribution in [3.05, 3.63) is 0 Å². The Kier molecular flexibility index (Phi) is 11.9. The van der Waals surface area contributed by atoms with Crippen LogP contribution in [-0.4, -0.2) is 57.2 Å². The number of nitrogens with one attached hydrogen (secondary N) is 1. The van der Waals surface area contributed by atoms with E-state index in [2.05, 4.69) is 11.5 Å². The molecule has 7 nitrogen and oxygen atoms in total. The van der Waals surface area contributed by atoms with Crippen LogP contribution in [0.5, 0.6) is 0 Å². The fourth-order valence-corrected chi connectivity index (χ4v) is 0. The van der Waals surface area contributed by atoms with E-state index >= 15 is 0 Å². The molecule has 0 heterocycles. The molecule has 0 aromatic carbocycles. The monoisotopic (exact) mass is 181 g/mol. The SMILES string of the molecule is N=C(N)N.O[Si](O)(O)O.[H-].[H-].[Mg+2]. The molecule has 10 heavy (non-hydrogen) atoms. The molecule has 0 bridgehead atoms. The maximum absolute atomic E-state index is 7.33. The van der Waals surface area contributed by atoms with Gasteiger partial charge in [-0.05, 0) is 0 Å². The summed E-state index contributed by atoms with van der Waals surface area (Å²) in [4.78, 5) is 29.3. The molecule has 0 spiro atoms. The van der Waals surface area contributed by atoms with Crippen molar-refractivity contribution < 1.29 is 22.0 Å². The average Bonchev–Trinajstić information content (AvgIpc) is 1.19. The maximum Gasteiger partial charge on any atom is 2.00 e. The molecule has 0 saturated carbocycles. The van der Waals surface area contributed by atoms with Gasteiger partial charge in [0.15, 0.2) is 5.96 Å². The minimum absolute atomic E-state index is 0. The third-order valence-corrected chi connectivity index (χ3v) is 0. The summed E-state index contributed by atoms with van der Waals surface area (Å²) in [5.41, 5.74) is 8.94. The van der Waals surface area contributed by atoms with Gasteiger partial charge < -0.3 is 33.5 Å². The summed E-state index contributed by atoms with van der Waals surface area (Å²) >= 11 is 0. The van der Waals surface area contributed by atoms with Crippen LogP contribution < -0.4 is 11.5 Å². The topological polar surface area (TPSA) is 157 Å². The van der Waals surface area contributed by atoms with Crippen molar-refractivity contribution in [2.75, 3.05) is 0 Å². The standard InChI is InChI=1S/CH5N3.Mg.H4O4Si.2H/c2-1(3)4;;1-5(2,3)4;;/h(H5,2,3,4);;1-4H;;/q;+2;;2*-1. The summed E-state index contributed by atoms with van der Waals surface area (Å²) < 4.78 is 0. The zero-order chi connectivity index (χ0) is 8.08. The first-order valence-corrected chi connectivity index (χ1v) is 3.51. The Hall–Kier alpha value is 0.0931. The Bertz CT molecular complexity index is 90.8. The number of nitrogens with two attached hydrogens (primary N) is 2. The Morgan fingerprint density at radius 2 is 1.20 bits per heavy atom. The first kappa shape index (κ1) is 16.6. The van der Waals surface area contributed by atoms with Gasteiger partial charge in [-0.1, -0.05) is 0 Å². The number of guanidine groups is 1. The quantitative estimate of drug-likeness (QED) is 0.115. The fourth-order valence-electron chi connectivity index (χ4n) is 0. The Balaban J connectivity index is -0.0000000221. The van der Waals surface area contributed by atoms with E-state index < -0.39 is 9.05 Å². The summed E-state index contributed by atoms with van der Waals surface area (Å²) in [7, 11) is -4.61. The van der Waals surface area contributed by atoms with Crippen LogP contribution in [0.3, 0.4) is 0 Å². The van der Waals surface area contributed by atoms with E-state index in [-0.39, 0.29) is 31.9 Å². The molecular formula is CH11MgN3O4Si. The molecule has 0 rings (SSSR count). The zero-order valence-corrected chi connectivity index (χ0v) is 7.56. The Morgan fingerprint density at radius 3 is 1.20 bits per heavy atom. The maximum atomic E-state index is 7.33. The molecule has 0 aromatic rings. The van der Waals surface area contributed by atoms with Gasteiger partial charge in [-0.2, -0.15) is 0 Å².